The van der Waals surface area contributed by atoms with E-state index in [4.69, 9.17) is 0 Å². The molecular formula is C15H16N4O. The molecule has 1 amide bonds. The summed E-state index contributed by atoms with van der Waals surface area (Å²) in [5.41, 5.74) is 10.3. The molecule has 5 heteroatoms. The largest absolute Gasteiger partial charge is 0.343 e. The van der Waals surface area contributed by atoms with E-state index in [1.165, 1.54) is 12.0 Å². The zero-order valence-corrected chi connectivity index (χ0v) is 11.2. The SMILES string of the molecule is C[C@H](NC(=O)C1=C2C=C3CC3C2NN1)c1ccccn1. The lowest BCUT2D eigenvalue weighted by atomic mass is 10.1. The van der Waals surface area contributed by atoms with Crippen molar-refractivity contribution in [3.63, 3.8) is 0 Å². The van der Waals surface area contributed by atoms with Crippen molar-refractivity contribution in [2.24, 2.45) is 5.92 Å². The third-order valence-electron chi connectivity index (χ3n) is 4.20. The molecule has 102 valence electrons. The molecule has 0 spiro atoms. The maximum atomic E-state index is 12.4. The monoisotopic (exact) mass is 268 g/mol. The van der Waals surface area contributed by atoms with Crippen molar-refractivity contribution < 1.29 is 4.79 Å². The summed E-state index contributed by atoms with van der Waals surface area (Å²) in [5, 5.41) is 2.99. The van der Waals surface area contributed by atoms with Crippen molar-refractivity contribution in [3.05, 3.63) is 53.0 Å². The number of nitrogens with one attached hydrogen (secondary N) is 3. The van der Waals surface area contributed by atoms with E-state index in [-0.39, 0.29) is 18.0 Å². The molecule has 1 aromatic heterocycles. The molecule has 1 aliphatic heterocycles. The van der Waals surface area contributed by atoms with Crippen LogP contribution >= 0.6 is 0 Å². The third-order valence-corrected chi connectivity index (χ3v) is 4.20. The first-order chi connectivity index (χ1) is 9.74. The number of aromatic nitrogens is 1. The molecule has 20 heavy (non-hydrogen) atoms. The molecule has 3 N–H and O–H groups in total. The van der Waals surface area contributed by atoms with Gasteiger partial charge in [-0.15, -0.1) is 0 Å². The Balaban J connectivity index is 1.52. The molecule has 2 heterocycles. The maximum absolute atomic E-state index is 12.4. The normalized spacial score (nSPS) is 27.4. The molecule has 1 aromatic rings. The van der Waals surface area contributed by atoms with Crippen molar-refractivity contribution >= 4 is 5.91 Å². The maximum Gasteiger partial charge on any atom is 0.269 e. The minimum Gasteiger partial charge on any atom is -0.343 e. The minimum atomic E-state index is -0.110. The van der Waals surface area contributed by atoms with Gasteiger partial charge in [0.2, 0.25) is 0 Å². The fraction of sp³-hybridized carbons (Fsp3) is 0.333. The topological polar surface area (TPSA) is 66.1 Å². The average Bonchev–Trinajstić information content (AvgIpc) is 2.95. The Hall–Kier alpha value is -2.14. The van der Waals surface area contributed by atoms with E-state index in [0.29, 0.717) is 11.6 Å². The van der Waals surface area contributed by atoms with Gasteiger partial charge in [-0.05, 0) is 25.5 Å². The fourth-order valence-corrected chi connectivity index (χ4v) is 2.99. The molecule has 1 saturated carbocycles. The number of carbonyl (C=O) groups is 1. The van der Waals surface area contributed by atoms with Gasteiger partial charge in [0.1, 0.15) is 5.70 Å². The Bertz CT molecular complexity index is 635. The quantitative estimate of drug-likeness (QED) is 0.763. The van der Waals surface area contributed by atoms with Crippen LogP contribution in [-0.2, 0) is 4.79 Å². The van der Waals surface area contributed by atoms with Crippen LogP contribution in [0.5, 0.6) is 0 Å². The summed E-state index contributed by atoms with van der Waals surface area (Å²) in [6.45, 7) is 1.94. The van der Waals surface area contributed by atoms with Gasteiger partial charge in [-0.25, -0.2) is 5.43 Å². The Morgan fingerprint density at radius 1 is 1.50 bits per heavy atom. The van der Waals surface area contributed by atoms with Crippen molar-refractivity contribution in [1.82, 2.24) is 21.2 Å². The summed E-state index contributed by atoms with van der Waals surface area (Å²) in [5.74, 6) is 0.530. The number of fused-ring (bicyclic) bond motifs is 3. The van der Waals surface area contributed by atoms with E-state index in [2.05, 4.69) is 27.2 Å². The van der Waals surface area contributed by atoms with E-state index < -0.39 is 0 Å². The number of hydrazine groups is 1. The fourth-order valence-electron chi connectivity index (χ4n) is 2.99. The first kappa shape index (κ1) is 11.7. The Morgan fingerprint density at radius 3 is 3.20 bits per heavy atom. The Labute approximate surface area is 117 Å². The second-order valence-corrected chi connectivity index (χ2v) is 5.56. The lowest BCUT2D eigenvalue weighted by Crippen LogP contribution is -2.38. The van der Waals surface area contributed by atoms with E-state index in [0.717, 1.165) is 11.3 Å². The second kappa shape index (κ2) is 4.18. The van der Waals surface area contributed by atoms with Crippen LogP contribution in [-0.4, -0.2) is 16.9 Å². The third kappa shape index (κ3) is 1.74. The molecule has 3 atom stereocenters. The first-order valence-corrected chi connectivity index (χ1v) is 6.92. The molecule has 0 aromatic carbocycles. The zero-order chi connectivity index (χ0) is 13.7. The van der Waals surface area contributed by atoms with Gasteiger partial charge in [-0.1, -0.05) is 17.7 Å². The number of carbonyl (C=O) groups excluding carboxylic acids is 1. The highest BCUT2D eigenvalue weighted by Crippen LogP contribution is 2.50. The van der Waals surface area contributed by atoms with Crippen molar-refractivity contribution in [3.8, 4) is 0 Å². The lowest BCUT2D eigenvalue weighted by Gasteiger charge is -2.14. The van der Waals surface area contributed by atoms with Crippen molar-refractivity contribution in [1.29, 1.82) is 0 Å². The van der Waals surface area contributed by atoms with Crippen LogP contribution in [0.25, 0.3) is 0 Å². The van der Waals surface area contributed by atoms with Gasteiger partial charge in [-0.3, -0.25) is 9.78 Å². The lowest BCUT2D eigenvalue weighted by molar-refractivity contribution is -0.118. The predicted molar refractivity (Wildman–Crippen MR) is 74.1 cm³/mol. The molecule has 5 nitrogen and oxygen atoms in total. The molecule has 0 bridgehead atoms. The van der Waals surface area contributed by atoms with Crippen molar-refractivity contribution in [2.75, 3.05) is 0 Å². The number of rotatable bonds is 3. The predicted octanol–water partition coefficient (Wildman–Crippen LogP) is 0.949. The van der Waals surface area contributed by atoms with Gasteiger partial charge in [0.25, 0.3) is 5.91 Å². The Kier molecular flexibility index (Phi) is 2.44. The molecule has 0 saturated heterocycles. The highest BCUT2D eigenvalue weighted by molar-refractivity contribution is 5.95. The van der Waals surface area contributed by atoms with E-state index >= 15 is 0 Å². The molecule has 2 aliphatic carbocycles. The highest BCUT2D eigenvalue weighted by atomic mass is 16.2. The second-order valence-electron chi connectivity index (χ2n) is 5.56. The number of hydrogen-bond acceptors (Lipinski definition) is 4. The zero-order valence-electron chi connectivity index (χ0n) is 11.2. The molecule has 4 rings (SSSR count). The van der Waals surface area contributed by atoms with Crippen molar-refractivity contribution in [2.45, 2.75) is 25.4 Å². The van der Waals surface area contributed by atoms with E-state index in [9.17, 15) is 4.79 Å². The number of nitrogens with zero attached hydrogens (tertiary/aromatic N) is 1. The van der Waals surface area contributed by atoms with Gasteiger partial charge in [0.15, 0.2) is 0 Å². The summed E-state index contributed by atoms with van der Waals surface area (Å²) >= 11 is 0. The average molecular weight is 268 g/mol. The summed E-state index contributed by atoms with van der Waals surface area (Å²) in [6.07, 6.45) is 5.06. The van der Waals surface area contributed by atoms with Crippen LogP contribution in [0.2, 0.25) is 0 Å². The molecule has 1 fully saturated rings. The van der Waals surface area contributed by atoms with Gasteiger partial charge in [0, 0.05) is 17.7 Å². The van der Waals surface area contributed by atoms with Crippen LogP contribution in [0.1, 0.15) is 25.1 Å². The molecule has 2 unspecified atom stereocenters. The summed E-state index contributed by atoms with van der Waals surface area (Å²) in [7, 11) is 0. The minimum absolute atomic E-state index is 0.0775. The van der Waals surface area contributed by atoms with Gasteiger partial charge < -0.3 is 10.7 Å². The first-order valence-electron chi connectivity index (χ1n) is 6.92. The molecule has 0 radical (unpaired) electrons. The highest BCUT2D eigenvalue weighted by Gasteiger charge is 2.48. The summed E-state index contributed by atoms with van der Waals surface area (Å²) in [4.78, 5) is 16.6. The molecular weight excluding hydrogens is 252 g/mol. The number of hydrogen-bond donors (Lipinski definition) is 3. The summed E-state index contributed by atoms with van der Waals surface area (Å²) < 4.78 is 0. The standard InChI is InChI=1S/C15H16N4O/c1-8(12-4-2-3-5-16-12)17-15(20)14-11-7-9-6-10(9)13(11)18-19-14/h2-5,7-8,10,13,18-19H,6H2,1H3,(H,17,20)/t8-,10?,13?/m0/s1. The van der Waals surface area contributed by atoms with Crippen LogP contribution < -0.4 is 16.2 Å². The number of amides is 1. The van der Waals surface area contributed by atoms with Gasteiger partial charge in [0.05, 0.1) is 17.8 Å². The van der Waals surface area contributed by atoms with Crippen LogP contribution in [0.4, 0.5) is 0 Å². The Morgan fingerprint density at radius 2 is 2.40 bits per heavy atom. The van der Waals surface area contributed by atoms with Gasteiger partial charge in [-0.2, -0.15) is 0 Å². The smallest absolute Gasteiger partial charge is 0.269 e. The van der Waals surface area contributed by atoms with Crippen LogP contribution in [0.3, 0.4) is 0 Å². The number of pyridine rings is 1. The molecule has 3 aliphatic rings. The van der Waals surface area contributed by atoms with Crippen LogP contribution in [0.15, 0.2) is 47.3 Å². The van der Waals surface area contributed by atoms with E-state index in [1.54, 1.807) is 6.20 Å². The van der Waals surface area contributed by atoms with Gasteiger partial charge >= 0.3 is 0 Å². The van der Waals surface area contributed by atoms with E-state index in [1.807, 2.05) is 25.1 Å². The van der Waals surface area contributed by atoms with Crippen LogP contribution in [0, 0.1) is 5.92 Å². The summed E-state index contributed by atoms with van der Waals surface area (Å²) in [6, 6.07) is 5.88.